The van der Waals surface area contributed by atoms with Gasteiger partial charge in [-0.1, -0.05) is 12.1 Å². The predicted molar refractivity (Wildman–Crippen MR) is 40.9 cm³/mol. The van der Waals surface area contributed by atoms with Gasteiger partial charge in [0.1, 0.15) is 0 Å². The molecule has 0 aromatic heterocycles. The molecule has 3 nitrogen and oxygen atoms in total. The minimum atomic E-state index is 0.139. The normalized spacial score (nSPS) is 33.7. The SMILES string of the molecule is CC1(CN=O)CCCNC1. The zero-order valence-corrected chi connectivity index (χ0v) is 6.39. The molecular formula is C7H14N2O. The zero-order chi connectivity index (χ0) is 7.45. The maximum atomic E-state index is 10.0. The highest BCUT2D eigenvalue weighted by Gasteiger charge is 2.26. The van der Waals surface area contributed by atoms with Crippen molar-refractivity contribution < 1.29 is 0 Å². The number of hydrogen-bond acceptors (Lipinski definition) is 3. The topological polar surface area (TPSA) is 41.5 Å². The molecule has 0 aromatic rings. The second kappa shape index (κ2) is 3.10. The van der Waals surface area contributed by atoms with E-state index in [0.29, 0.717) is 6.54 Å². The zero-order valence-electron chi connectivity index (χ0n) is 6.39. The summed E-state index contributed by atoms with van der Waals surface area (Å²) < 4.78 is 0. The van der Waals surface area contributed by atoms with Crippen LogP contribution >= 0.6 is 0 Å². The molecule has 1 saturated heterocycles. The highest BCUT2D eigenvalue weighted by molar-refractivity contribution is 4.82. The van der Waals surface area contributed by atoms with Gasteiger partial charge in [0.25, 0.3) is 0 Å². The highest BCUT2D eigenvalue weighted by Crippen LogP contribution is 2.25. The van der Waals surface area contributed by atoms with Crippen molar-refractivity contribution in [2.24, 2.45) is 10.6 Å². The molecule has 3 heteroatoms. The minimum Gasteiger partial charge on any atom is -0.316 e. The van der Waals surface area contributed by atoms with Crippen LogP contribution in [0, 0.1) is 10.3 Å². The van der Waals surface area contributed by atoms with E-state index in [4.69, 9.17) is 0 Å². The minimum absolute atomic E-state index is 0.139. The monoisotopic (exact) mass is 142 g/mol. The molecule has 58 valence electrons. The van der Waals surface area contributed by atoms with Crippen LogP contribution in [-0.2, 0) is 0 Å². The number of nitrogens with one attached hydrogen (secondary N) is 1. The Morgan fingerprint density at radius 3 is 3.00 bits per heavy atom. The summed E-state index contributed by atoms with van der Waals surface area (Å²) in [6.07, 6.45) is 2.30. The third-order valence-corrected chi connectivity index (χ3v) is 2.13. The molecule has 1 aliphatic rings. The molecule has 0 aliphatic carbocycles. The van der Waals surface area contributed by atoms with Crippen LogP contribution in [0.25, 0.3) is 0 Å². The van der Waals surface area contributed by atoms with Crippen LogP contribution in [0.2, 0.25) is 0 Å². The lowest BCUT2D eigenvalue weighted by Gasteiger charge is -2.31. The number of nitrogens with zero attached hydrogens (tertiary/aromatic N) is 1. The second-order valence-electron chi connectivity index (χ2n) is 3.38. The molecule has 1 rings (SSSR count). The molecule has 0 radical (unpaired) electrons. The Morgan fingerprint density at radius 1 is 1.70 bits per heavy atom. The fraction of sp³-hybridized carbons (Fsp3) is 1.00. The first-order chi connectivity index (χ1) is 4.77. The van der Waals surface area contributed by atoms with Gasteiger partial charge < -0.3 is 5.32 Å². The average molecular weight is 142 g/mol. The molecule has 0 amide bonds. The molecule has 0 spiro atoms. The van der Waals surface area contributed by atoms with Crippen molar-refractivity contribution >= 4 is 0 Å². The van der Waals surface area contributed by atoms with Gasteiger partial charge in [-0.15, -0.1) is 0 Å². The van der Waals surface area contributed by atoms with Crippen molar-refractivity contribution in [1.29, 1.82) is 0 Å². The Kier molecular flexibility index (Phi) is 2.38. The van der Waals surface area contributed by atoms with Crippen LogP contribution in [0.4, 0.5) is 0 Å². The molecule has 1 fully saturated rings. The van der Waals surface area contributed by atoms with Gasteiger partial charge in [-0.2, -0.15) is 4.91 Å². The first-order valence-electron chi connectivity index (χ1n) is 3.77. The summed E-state index contributed by atoms with van der Waals surface area (Å²) in [5.74, 6) is 0. The van der Waals surface area contributed by atoms with Gasteiger partial charge in [-0.25, -0.2) is 0 Å². The maximum Gasteiger partial charge on any atom is 0.0876 e. The van der Waals surface area contributed by atoms with E-state index in [1.54, 1.807) is 0 Å². The lowest BCUT2D eigenvalue weighted by molar-refractivity contribution is 0.246. The van der Waals surface area contributed by atoms with Crippen LogP contribution in [0.5, 0.6) is 0 Å². The van der Waals surface area contributed by atoms with E-state index in [1.165, 1.54) is 6.42 Å². The fourth-order valence-corrected chi connectivity index (χ4v) is 1.41. The Labute approximate surface area is 61.2 Å². The van der Waals surface area contributed by atoms with Crippen LogP contribution in [0.15, 0.2) is 5.18 Å². The molecule has 1 N–H and O–H groups in total. The number of rotatable bonds is 2. The smallest absolute Gasteiger partial charge is 0.0876 e. The predicted octanol–water partition coefficient (Wildman–Crippen LogP) is 1.14. The van der Waals surface area contributed by atoms with Crippen molar-refractivity contribution in [1.82, 2.24) is 5.32 Å². The average Bonchev–Trinajstić information content (AvgIpc) is 1.89. The van der Waals surface area contributed by atoms with Gasteiger partial charge in [0, 0.05) is 12.0 Å². The second-order valence-corrected chi connectivity index (χ2v) is 3.38. The van der Waals surface area contributed by atoms with Crippen molar-refractivity contribution in [2.45, 2.75) is 19.8 Å². The molecule has 10 heavy (non-hydrogen) atoms. The third kappa shape index (κ3) is 1.77. The largest absolute Gasteiger partial charge is 0.316 e. The summed E-state index contributed by atoms with van der Waals surface area (Å²) in [5.41, 5.74) is 0.139. The van der Waals surface area contributed by atoms with Crippen LogP contribution < -0.4 is 5.32 Å². The molecule has 1 aliphatic heterocycles. The molecular weight excluding hydrogens is 128 g/mol. The molecule has 0 aromatic carbocycles. The number of nitroso groups, excluding NO2 is 1. The van der Waals surface area contributed by atoms with Gasteiger partial charge >= 0.3 is 0 Å². The Balaban J connectivity index is 2.39. The van der Waals surface area contributed by atoms with Crippen molar-refractivity contribution in [2.75, 3.05) is 19.6 Å². The maximum absolute atomic E-state index is 10.0. The van der Waals surface area contributed by atoms with E-state index >= 15 is 0 Å². The van der Waals surface area contributed by atoms with Crippen LogP contribution in [0.3, 0.4) is 0 Å². The third-order valence-electron chi connectivity index (χ3n) is 2.13. The lowest BCUT2D eigenvalue weighted by Crippen LogP contribution is -2.39. The molecule has 0 saturated carbocycles. The van der Waals surface area contributed by atoms with E-state index in [2.05, 4.69) is 17.4 Å². The summed E-state index contributed by atoms with van der Waals surface area (Å²) in [4.78, 5) is 10.0. The van der Waals surface area contributed by atoms with E-state index in [9.17, 15) is 4.91 Å². The van der Waals surface area contributed by atoms with Crippen molar-refractivity contribution in [3.8, 4) is 0 Å². The van der Waals surface area contributed by atoms with Crippen LogP contribution in [0.1, 0.15) is 19.8 Å². The van der Waals surface area contributed by atoms with Crippen LogP contribution in [-0.4, -0.2) is 19.6 Å². The molecule has 1 unspecified atom stereocenters. The van der Waals surface area contributed by atoms with E-state index in [1.807, 2.05) is 0 Å². The van der Waals surface area contributed by atoms with E-state index in [0.717, 1.165) is 19.5 Å². The first kappa shape index (κ1) is 7.66. The lowest BCUT2D eigenvalue weighted by atomic mass is 9.83. The van der Waals surface area contributed by atoms with Gasteiger partial charge in [0.05, 0.1) is 6.54 Å². The van der Waals surface area contributed by atoms with Crippen molar-refractivity contribution in [3.05, 3.63) is 4.91 Å². The van der Waals surface area contributed by atoms with Gasteiger partial charge in [0.15, 0.2) is 0 Å². The van der Waals surface area contributed by atoms with Gasteiger partial charge in [0.2, 0.25) is 0 Å². The summed E-state index contributed by atoms with van der Waals surface area (Å²) in [5, 5.41) is 6.20. The standard InChI is InChI=1S/C7H14N2O/c1-7(6-9-10)3-2-4-8-5-7/h8H,2-6H2,1H3. The van der Waals surface area contributed by atoms with Gasteiger partial charge in [-0.3, -0.25) is 0 Å². The molecule has 1 atom stereocenters. The summed E-state index contributed by atoms with van der Waals surface area (Å²) in [7, 11) is 0. The van der Waals surface area contributed by atoms with E-state index < -0.39 is 0 Å². The molecule has 1 heterocycles. The summed E-state index contributed by atoms with van der Waals surface area (Å²) in [6, 6.07) is 0. The summed E-state index contributed by atoms with van der Waals surface area (Å²) in [6.45, 7) is 4.60. The highest BCUT2D eigenvalue weighted by atomic mass is 16.3. The summed E-state index contributed by atoms with van der Waals surface area (Å²) >= 11 is 0. The Morgan fingerprint density at radius 2 is 2.50 bits per heavy atom. The quantitative estimate of drug-likeness (QED) is 0.587. The van der Waals surface area contributed by atoms with Gasteiger partial charge in [-0.05, 0) is 19.4 Å². The Bertz CT molecular complexity index is 119. The number of piperidine rings is 1. The van der Waals surface area contributed by atoms with Crippen molar-refractivity contribution in [3.63, 3.8) is 0 Å². The fourth-order valence-electron chi connectivity index (χ4n) is 1.41. The Hall–Kier alpha value is -0.440. The van der Waals surface area contributed by atoms with E-state index in [-0.39, 0.29) is 5.41 Å². The first-order valence-corrected chi connectivity index (χ1v) is 3.77. The molecule has 0 bridgehead atoms. The number of hydrogen-bond donors (Lipinski definition) is 1.